The van der Waals surface area contributed by atoms with Crippen molar-refractivity contribution in [2.24, 2.45) is 0 Å². The maximum Gasteiger partial charge on any atom is 0.279 e. The van der Waals surface area contributed by atoms with Gasteiger partial charge >= 0.3 is 0 Å². The molecule has 3 atom stereocenters. The molecule has 10 heteroatoms. The number of hydrogen-bond acceptors (Lipinski definition) is 7. The summed E-state index contributed by atoms with van der Waals surface area (Å²) in [6.45, 7) is 1.26. The maximum atomic E-state index is 12.0. The molecule has 0 saturated carbocycles. The molecular formula is C23H26ClN3O4S2. The Balaban J connectivity index is 1.08. The van der Waals surface area contributed by atoms with E-state index in [9.17, 15) is 8.42 Å². The molecule has 2 bridgehead atoms. The SMILES string of the molecule is CS(=O)(=O)N1[C@@H]2CC[C@H]1C[C@@H](NCCOc1ccc(Oc3nc4cccc(Cl)c4s3)cc1)C2. The minimum absolute atomic E-state index is 0.135. The fraction of sp³-hybridized carbons (Fsp3) is 0.435. The van der Waals surface area contributed by atoms with Gasteiger partial charge in [0.1, 0.15) is 18.1 Å². The molecule has 0 spiro atoms. The van der Waals surface area contributed by atoms with Crippen LogP contribution in [0.25, 0.3) is 10.2 Å². The van der Waals surface area contributed by atoms with Crippen LogP contribution in [0.5, 0.6) is 16.7 Å². The Morgan fingerprint density at radius 1 is 1.12 bits per heavy atom. The van der Waals surface area contributed by atoms with E-state index in [0.29, 0.717) is 35.2 Å². The largest absolute Gasteiger partial charge is 0.492 e. The number of thiazole rings is 1. The number of nitrogens with zero attached hydrogens (tertiary/aromatic N) is 2. The predicted octanol–water partition coefficient (Wildman–Crippen LogP) is 4.67. The van der Waals surface area contributed by atoms with Gasteiger partial charge in [-0.15, -0.1) is 0 Å². The van der Waals surface area contributed by atoms with Crippen LogP contribution in [0.4, 0.5) is 0 Å². The van der Waals surface area contributed by atoms with E-state index in [2.05, 4.69) is 10.3 Å². The third-order valence-electron chi connectivity index (χ3n) is 6.23. The summed E-state index contributed by atoms with van der Waals surface area (Å²) in [4.78, 5) is 4.47. The zero-order valence-electron chi connectivity index (χ0n) is 18.2. The van der Waals surface area contributed by atoms with Crippen LogP contribution in [-0.4, -0.2) is 55.2 Å². The molecular weight excluding hydrogens is 482 g/mol. The third kappa shape index (κ3) is 5.12. The normalized spacial score (nSPS) is 23.2. The quantitative estimate of drug-likeness (QED) is 0.446. The summed E-state index contributed by atoms with van der Waals surface area (Å²) in [5.41, 5.74) is 0.824. The van der Waals surface area contributed by atoms with Crippen LogP contribution in [0.1, 0.15) is 25.7 Å². The van der Waals surface area contributed by atoms with Gasteiger partial charge in [0.25, 0.3) is 5.19 Å². The van der Waals surface area contributed by atoms with Crippen LogP contribution in [0.3, 0.4) is 0 Å². The molecule has 3 aromatic rings. The van der Waals surface area contributed by atoms with E-state index in [-0.39, 0.29) is 12.1 Å². The van der Waals surface area contributed by atoms with Gasteiger partial charge in [-0.3, -0.25) is 0 Å². The van der Waals surface area contributed by atoms with Crippen molar-refractivity contribution in [3.63, 3.8) is 0 Å². The molecule has 0 aliphatic carbocycles. The molecule has 0 unspecified atom stereocenters. The van der Waals surface area contributed by atoms with Crippen molar-refractivity contribution in [3.8, 4) is 16.7 Å². The summed E-state index contributed by atoms with van der Waals surface area (Å²) in [6, 6.07) is 13.7. The van der Waals surface area contributed by atoms with Gasteiger partial charge in [0, 0.05) is 24.7 Å². The molecule has 2 saturated heterocycles. The fourth-order valence-electron chi connectivity index (χ4n) is 4.92. The number of fused-ring (bicyclic) bond motifs is 3. The lowest BCUT2D eigenvalue weighted by atomic mass is 10.00. The second kappa shape index (κ2) is 9.38. The van der Waals surface area contributed by atoms with Gasteiger partial charge in [0.2, 0.25) is 10.0 Å². The lowest BCUT2D eigenvalue weighted by Crippen LogP contribution is -2.51. The smallest absolute Gasteiger partial charge is 0.279 e. The van der Waals surface area contributed by atoms with Gasteiger partial charge in [-0.05, 0) is 62.1 Å². The van der Waals surface area contributed by atoms with Crippen molar-refractivity contribution in [2.75, 3.05) is 19.4 Å². The Morgan fingerprint density at radius 3 is 2.48 bits per heavy atom. The molecule has 176 valence electrons. The Labute approximate surface area is 202 Å². The molecule has 2 aliphatic rings. The van der Waals surface area contributed by atoms with Crippen molar-refractivity contribution in [1.29, 1.82) is 0 Å². The van der Waals surface area contributed by atoms with Crippen molar-refractivity contribution in [1.82, 2.24) is 14.6 Å². The van der Waals surface area contributed by atoms with E-state index >= 15 is 0 Å². The predicted molar refractivity (Wildman–Crippen MR) is 131 cm³/mol. The van der Waals surface area contributed by atoms with E-state index in [1.165, 1.54) is 17.6 Å². The number of nitrogens with one attached hydrogen (secondary N) is 1. The lowest BCUT2D eigenvalue weighted by molar-refractivity contribution is 0.201. The first-order valence-electron chi connectivity index (χ1n) is 11.0. The second-order valence-electron chi connectivity index (χ2n) is 8.59. The van der Waals surface area contributed by atoms with Crippen LogP contribution in [0, 0.1) is 0 Å². The van der Waals surface area contributed by atoms with E-state index in [1.54, 1.807) is 4.31 Å². The highest BCUT2D eigenvalue weighted by atomic mass is 35.5. The summed E-state index contributed by atoms with van der Waals surface area (Å²) in [6.07, 6.45) is 4.99. The highest BCUT2D eigenvalue weighted by Crippen LogP contribution is 2.38. The Morgan fingerprint density at radius 2 is 1.82 bits per heavy atom. The summed E-state index contributed by atoms with van der Waals surface area (Å²) in [5, 5.41) is 4.76. The molecule has 2 aliphatic heterocycles. The third-order valence-corrected chi connectivity index (χ3v) is 9.00. The Kier molecular flexibility index (Phi) is 6.50. The van der Waals surface area contributed by atoms with E-state index in [1.807, 2.05) is 42.5 Å². The van der Waals surface area contributed by atoms with E-state index in [0.717, 1.165) is 41.6 Å². The average Bonchev–Trinajstić information content (AvgIpc) is 3.31. The molecule has 2 fully saturated rings. The van der Waals surface area contributed by atoms with Gasteiger partial charge in [0.05, 0.1) is 21.5 Å². The number of rotatable bonds is 8. The van der Waals surface area contributed by atoms with E-state index < -0.39 is 10.0 Å². The van der Waals surface area contributed by atoms with Gasteiger partial charge in [-0.2, -0.15) is 4.31 Å². The number of benzene rings is 2. The van der Waals surface area contributed by atoms with E-state index in [4.69, 9.17) is 21.1 Å². The monoisotopic (exact) mass is 507 g/mol. The number of sulfonamides is 1. The lowest BCUT2D eigenvalue weighted by Gasteiger charge is -2.37. The molecule has 0 amide bonds. The molecule has 0 radical (unpaired) electrons. The van der Waals surface area contributed by atoms with Crippen LogP contribution in [0.15, 0.2) is 42.5 Å². The van der Waals surface area contributed by atoms with Gasteiger partial charge in [-0.25, -0.2) is 13.4 Å². The maximum absolute atomic E-state index is 12.0. The molecule has 7 nitrogen and oxygen atoms in total. The Hall–Kier alpha value is -1.91. The summed E-state index contributed by atoms with van der Waals surface area (Å²) >= 11 is 7.63. The number of halogens is 1. The first-order valence-corrected chi connectivity index (χ1v) is 14.1. The number of aromatic nitrogens is 1. The topological polar surface area (TPSA) is 80.8 Å². The van der Waals surface area contributed by atoms with Crippen molar-refractivity contribution in [3.05, 3.63) is 47.5 Å². The molecule has 1 aromatic heterocycles. The van der Waals surface area contributed by atoms with Gasteiger partial charge in [0.15, 0.2) is 0 Å². The van der Waals surface area contributed by atoms with Crippen LogP contribution >= 0.6 is 22.9 Å². The van der Waals surface area contributed by atoms with Crippen molar-refractivity contribution < 1.29 is 17.9 Å². The highest BCUT2D eigenvalue weighted by Gasteiger charge is 2.44. The summed E-state index contributed by atoms with van der Waals surface area (Å²) in [7, 11) is -3.12. The zero-order valence-corrected chi connectivity index (χ0v) is 20.6. The molecule has 3 heterocycles. The van der Waals surface area contributed by atoms with Crippen molar-refractivity contribution in [2.45, 2.75) is 43.8 Å². The second-order valence-corrected chi connectivity index (χ2v) is 11.8. The first-order chi connectivity index (χ1) is 15.9. The molecule has 33 heavy (non-hydrogen) atoms. The number of ether oxygens (including phenoxy) is 2. The standard InChI is InChI=1S/C23H26ClN3O4S2/c1-33(28,29)27-16-5-6-17(27)14-15(13-16)25-11-12-30-18-7-9-19(10-8-18)31-23-26-21-4-2-3-20(24)22(21)32-23/h2-4,7-10,15-17,25H,5-6,11-14H2,1H3/t15-,16+,17-. The summed E-state index contributed by atoms with van der Waals surface area (Å²) in [5.74, 6) is 1.45. The average molecular weight is 508 g/mol. The molecule has 5 rings (SSSR count). The van der Waals surface area contributed by atoms with Gasteiger partial charge in [-0.1, -0.05) is 29.0 Å². The number of piperidine rings is 1. The van der Waals surface area contributed by atoms with Gasteiger partial charge < -0.3 is 14.8 Å². The highest BCUT2D eigenvalue weighted by molar-refractivity contribution is 7.88. The first kappa shape index (κ1) is 22.9. The number of hydrogen-bond donors (Lipinski definition) is 1. The minimum Gasteiger partial charge on any atom is -0.492 e. The minimum atomic E-state index is -3.12. The van der Waals surface area contributed by atoms with Crippen LogP contribution < -0.4 is 14.8 Å². The van der Waals surface area contributed by atoms with Crippen LogP contribution in [-0.2, 0) is 10.0 Å². The fourth-order valence-corrected chi connectivity index (χ4v) is 7.51. The molecule has 1 N–H and O–H groups in total. The van der Waals surface area contributed by atoms with Crippen molar-refractivity contribution >= 4 is 43.2 Å². The Bertz CT molecular complexity index is 1220. The zero-order chi connectivity index (χ0) is 23.0. The van der Waals surface area contributed by atoms with Crippen LogP contribution in [0.2, 0.25) is 5.02 Å². The summed E-state index contributed by atoms with van der Waals surface area (Å²) < 4.78 is 38.4. The molecule has 2 aromatic carbocycles.